The van der Waals surface area contributed by atoms with Gasteiger partial charge in [0.25, 0.3) is 5.56 Å². The van der Waals surface area contributed by atoms with E-state index >= 15 is 0 Å². The monoisotopic (exact) mass is 480 g/mol. The van der Waals surface area contributed by atoms with Gasteiger partial charge in [0, 0.05) is 48.0 Å². The molecule has 1 aromatic carbocycles. The molecule has 0 unspecified atom stereocenters. The van der Waals surface area contributed by atoms with Crippen LogP contribution >= 0.6 is 0 Å². The topological polar surface area (TPSA) is 131 Å². The standard InChI is InChI=1S/C26H21FN8O/c1-34-13-30-33-25(34)21-8-17(27)4-5-19(21)15-6-22(14-2-3-14)32-23(7-15)35-12-16(10-28)20-9-18(11-29)31-24(20)26(35)36/h4-9,12-14,31H,2-3,11,29H2,1H3. The fourth-order valence-electron chi connectivity index (χ4n) is 4.52. The number of hydrogen-bond acceptors (Lipinski definition) is 6. The first-order valence-electron chi connectivity index (χ1n) is 11.5. The Balaban J connectivity index is 1.60. The zero-order valence-electron chi connectivity index (χ0n) is 19.4. The summed E-state index contributed by atoms with van der Waals surface area (Å²) in [5, 5.41) is 18.4. The van der Waals surface area contributed by atoms with E-state index in [9.17, 15) is 14.4 Å². The molecule has 0 aliphatic heterocycles. The third kappa shape index (κ3) is 3.57. The number of nitrogens with one attached hydrogen (secondary N) is 1. The smallest absolute Gasteiger partial charge is 0.280 e. The molecule has 3 N–H and O–H groups in total. The molecule has 1 aliphatic rings. The molecule has 0 bridgehead atoms. The molecule has 1 fully saturated rings. The first-order valence-corrected chi connectivity index (χ1v) is 11.5. The van der Waals surface area contributed by atoms with E-state index in [-0.39, 0.29) is 18.0 Å². The lowest BCUT2D eigenvalue weighted by molar-refractivity contribution is 0.628. The average molecular weight is 481 g/mol. The second kappa shape index (κ2) is 8.25. The van der Waals surface area contributed by atoms with Crippen molar-refractivity contribution in [3.8, 4) is 34.4 Å². The summed E-state index contributed by atoms with van der Waals surface area (Å²) in [6.45, 7) is 0.216. The van der Waals surface area contributed by atoms with Crippen LogP contribution in [0.1, 0.15) is 35.7 Å². The Morgan fingerprint density at radius 3 is 2.75 bits per heavy atom. The predicted octanol–water partition coefficient (Wildman–Crippen LogP) is 3.52. The molecule has 10 heteroatoms. The molecule has 0 amide bonds. The number of nitrogens with zero attached hydrogens (tertiary/aromatic N) is 6. The number of aromatic nitrogens is 6. The minimum Gasteiger partial charge on any atom is -0.353 e. The Bertz CT molecular complexity index is 1750. The normalized spacial score (nSPS) is 13.3. The quantitative estimate of drug-likeness (QED) is 0.396. The Hall–Kier alpha value is -4.62. The van der Waals surface area contributed by atoms with Crippen LogP contribution in [-0.2, 0) is 13.6 Å². The summed E-state index contributed by atoms with van der Waals surface area (Å²) < 4.78 is 17.4. The van der Waals surface area contributed by atoms with E-state index in [0.717, 1.165) is 29.7 Å². The zero-order valence-corrected chi connectivity index (χ0v) is 19.4. The summed E-state index contributed by atoms with van der Waals surface area (Å²) in [5.41, 5.74) is 9.64. The Morgan fingerprint density at radius 2 is 2.06 bits per heavy atom. The van der Waals surface area contributed by atoms with Gasteiger partial charge in [0.15, 0.2) is 5.82 Å². The highest BCUT2D eigenvalue weighted by atomic mass is 19.1. The van der Waals surface area contributed by atoms with E-state index < -0.39 is 5.82 Å². The van der Waals surface area contributed by atoms with E-state index in [4.69, 9.17) is 10.7 Å². The van der Waals surface area contributed by atoms with E-state index in [1.54, 1.807) is 36.1 Å². The number of aromatic amines is 1. The van der Waals surface area contributed by atoms with Gasteiger partial charge in [0.2, 0.25) is 0 Å². The number of hydrogen-bond donors (Lipinski definition) is 2. The third-order valence-corrected chi connectivity index (χ3v) is 6.51. The zero-order chi connectivity index (χ0) is 25.0. The van der Waals surface area contributed by atoms with Gasteiger partial charge in [0.1, 0.15) is 29.5 Å². The largest absolute Gasteiger partial charge is 0.353 e. The highest BCUT2D eigenvalue weighted by Crippen LogP contribution is 2.41. The maximum absolute atomic E-state index is 14.3. The SMILES string of the molecule is Cn1cnnc1-c1cc(F)ccc1-c1cc(C2CC2)nc(-n2cc(C#N)c3cc(CN)[nH]c3c2=O)c1. The molecule has 36 heavy (non-hydrogen) atoms. The van der Waals surface area contributed by atoms with Crippen LogP contribution in [0.5, 0.6) is 0 Å². The summed E-state index contributed by atoms with van der Waals surface area (Å²) in [6.07, 6.45) is 5.07. The van der Waals surface area contributed by atoms with Gasteiger partial charge in [-0.3, -0.25) is 9.36 Å². The fraction of sp³-hybridized carbons (Fsp3) is 0.192. The Labute approximate surface area is 204 Å². The number of benzene rings is 1. The number of halogens is 1. The summed E-state index contributed by atoms with van der Waals surface area (Å²) in [4.78, 5) is 21.3. The van der Waals surface area contributed by atoms with Crippen LogP contribution in [0.2, 0.25) is 0 Å². The van der Waals surface area contributed by atoms with Crippen LogP contribution in [0.4, 0.5) is 4.39 Å². The summed E-state index contributed by atoms with van der Waals surface area (Å²) in [6, 6.07) is 12.2. The lowest BCUT2D eigenvalue weighted by Crippen LogP contribution is -2.20. The molecule has 1 saturated carbocycles. The van der Waals surface area contributed by atoms with Gasteiger partial charge in [-0.1, -0.05) is 6.07 Å². The van der Waals surface area contributed by atoms with Crippen LogP contribution in [-0.4, -0.2) is 29.3 Å². The van der Waals surface area contributed by atoms with Gasteiger partial charge in [-0.15, -0.1) is 10.2 Å². The molecule has 0 atom stereocenters. The molecule has 5 aromatic rings. The van der Waals surface area contributed by atoms with E-state index in [0.29, 0.717) is 39.4 Å². The molecular weight excluding hydrogens is 459 g/mol. The number of nitriles is 1. The van der Waals surface area contributed by atoms with Crippen molar-refractivity contribution in [1.82, 2.24) is 29.3 Å². The van der Waals surface area contributed by atoms with E-state index in [1.807, 2.05) is 6.07 Å². The lowest BCUT2D eigenvalue weighted by atomic mass is 9.98. The van der Waals surface area contributed by atoms with Gasteiger partial charge < -0.3 is 15.3 Å². The number of rotatable bonds is 5. The molecule has 1 aliphatic carbocycles. The number of H-pyrrole nitrogens is 1. The molecule has 178 valence electrons. The van der Waals surface area contributed by atoms with Crippen molar-refractivity contribution in [1.29, 1.82) is 5.26 Å². The van der Waals surface area contributed by atoms with Crippen molar-refractivity contribution in [2.75, 3.05) is 0 Å². The first kappa shape index (κ1) is 21.9. The van der Waals surface area contributed by atoms with Gasteiger partial charge in [-0.05, 0) is 54.3 Å². The molecule has 9 nitrogen and oxygen atoms in total. The van der Waals surface area contributed by atoms with Gasteiger partial charge >= 0.3 is 0 Å². The van der Waals surface area contributed by atoms with Crippen LogP contribution < -0.4 is 11.3 Å². The lowest BCUT2D eigenvalue weighted by Gasteiger charge is -2.14. The number of pyridine rings is 2. The van der Waals surface area contributed by atoms with Gasteiger partial charge in [0.05, 0.1) is 5.56 Å². The molecule has 0 radical (unpaired) electrons. The first-order chi connectivity index (χ1) is 17.5. The van der Waals surface area contributed by atoms with Crippen molar-refractivity contribution in [2.45, 2.75) is 25.3 Å². The van der Waals surface area contributed by atoms with Crippen molar-refractivity contribution in [3.05, 3.63) is 82.0 Å². The molecule has 0 spiro atoms. The van der Waals surface area contributed by atoms with E-state index in [1.165, 1.54) is 22.9 Å². The number of fused-ring (bicyclic) bond motifs is 1. The third-order valence-electron chi connectivity index (χ3n) is 6.51. The summed E-state index contributed by atoms with van der Waals surface area (Å²) >= 11 is 0. The van der Waals surface area contributed by atoms with Crippen molar-refractivity contribution in [3.63, 3.8) is 0 Å². The number of nitrogens with two attached hydrogens (primary N) is 1. The second-order valence-electron chi connectivity index (χ2n) is 8.99. The highest BCUT2D eigenvalue weighted by Gasteiger charge is 2.27. The molecule has 6 rings (SSSR count). The molecule has 4 heterocycles. The van der Waals surface area contributed by atoms with E-state index in [2.05, 4.69) is 21.3 Å². The molecule has 0 saturated heterocycles. The predicted molar refractivity (Wildman–Crippen MR) is 132 cm³/mol. The molecular formula is C26H21FN8O. The summed E-state index contributed by atoms with van der Waals surface area (Å²) in [5.74, 6) is 0.791. The number of aryl methyl sites for hydroxylation is 1. The second-order valence-corrected chi connectivity index (χ2v) is 8.99. The Kier molecular flexibility index (Phi) is 5.01. The van der Waals surface area contributed by atoms with Crippen molar-refractivity contribution < 1.29 is 4.39 Å². The maximum Gasteiger partial charge on any atom is 0.280 e. The minimum absolute atomic E-state index is 0.216. The average Bonchev–Trinajstić information content (AvgIpc) is 3.50. The van der Waals surface area contributed by atoms with Gasteiger partial charge in [-0.25, -0.2) is 9.37 Å². The highest BCUT2D eigenvalue weighted by molar-refractivity contribution is 5.86. The van der Waals surface area contributed by atoms with Crippen LogP contribution in [0.25, 0.3) is 39.2 Å². The summed E-state index contributed by atoms with van der Waals surface area (Å²) in [7, 11) is 1.79. The van der Waals surface area contributed by atoms with Crippen molar-refractivity contribution in [2.24, 2.45) is 12.8 Å². The van der Waals surface area contributed by atoms with Gasteiger partial charge in [-0.2, -0.15) is 5.26 Å². The molecule has 4 aromatic heterocycles. The van der Waals surface area contributed by atoms with Crippen LogP contribution in [0.15, 0.2) is 53.7 Å². The van der Waals surface area contributed by atoms with Crippen molar-refractivity contribution >= 4 is 10.9 Å². The maximum atomic E-state index is 14.3. The van der Waals surface area contributed by atoms with Crippen LogP contribution in [0, 0.1) is 17.1 Å². The minimum atomic E-state index is -0.392. The van der Waals surface area contributed by atoms with Crippen LogP contribution in [0.3, 0.4) is 0 Å². The fourth-order valence-corrected chi connectivity index (χ4v) is 4.52. The Morgan fingerprint density at radius 1 is 1.22 bits per heavy atom.